The first-order chi connectivity index (χ1) is 7.17. The van der Waals surface area contributed by atoms with Crippen LogP contribution < -0.4 is 5.73 Å². The van der Waals surface area contributed by atoms with Crippen molar-refractivity contribution in [3.8, 4) is 11.8 Å². The number of rotatable bonds is 1. The largest absolute Gasteiger partial charge is 0.465 e. The molecule has 0 atom stereocenters. The minimum atomic E-state index is -0.489. The molecule has 0 aliphatic carbocycles. The first kappa shape index (κ1) is 10.8. The predicted octanol–water partition coefficient (Wildman–Crippen LogP) is 0.606. The number of benzene rings is 1. The third kappa shape index (κ3) is 2.85. The predicted molar refractivity (Wildman–Crippen MR) is 55.1 cm³/mol. The van der Waals surface area contributed by atoms with Gasteiger partial charge in [-0.15, -0.1) is 0 Å². The highest BCUT2D eigenvalue weighted by Gasteiger charge is 2.06. The van der Waals surface area contributed by atoms with Gasteiger partial charge in [-0.2, -0.15) is 0 Å². The van der Waals surface area contributed by atoms with Gasteiger partial charge in [0.1, 0.15) is 0 Å². The van der Waals surface area contributed by atoms with Crippen LogP contribution in [-0.2, 0) is 9.53 Å². The fraction of sp³-hybridized carbons (Fsp3) is 0.0909. The number of ether oxygens (including phenoxy) is 1. The van der Waals surface area contributed by atoms with Crippen molar-refractivity contribution < 1.29 is 14.3 Å². The van der Waals surface area contributed by atoms with E-state index >= 15 is 0 Å². The minimum Gasteiger partial charge on any atom is -0.465 e. The summed E-state index contributed by atoms with van der Waals surface area (Å²) in [5, 5.41) is 0. The van der Waals surface area contributed by atoms with E-state index in [-0.39, 0.29) is 0 Å². The van der Waals surface area contributed by atoms with Crippen LogP contribution in [0.1, 0.15) is 15.9 Å². The van der Waals surface area contributed by atoms with Crippen LogP contribution in [0.5, 0.6) is 0 Å². The molecule has 0 aliphatic rings. The van der Waals surface area contributed by atoms with E-state index in [9.17, 15) is 9.59 Å². The number of methoxy groups -OCH3 is 1. The van der Waals surface area contributed by atoms with Crippen molar-refractivity contribution in [1.29, 1.82) is 0 Å². The van der Waals surface area contributed by atoms with Gasteiger partial charge >= 0.3 is 5.97 Å². The lowest BCUT2D eigenvalue weighted by Crippen LogP contribution is -2.02. The Balaban J connectivity index is 3.15. The second kappa shape index (κ2) is 4.82. The second-order valence-electron chi connectivity index (χ2n) is 2.72. The molecule has 4 nitrogen and oxygen atoms in total. The summed E-state index contributed by atoms with van der Waals surface area (Å²) in [6, 6.07) is 4.57. The van der Waals surface area contributed by atoms with Crippen molar-refractivity contribution in [3.05, 3.63) is 29.3 Å². The molecule has 1 aromatic rings. The van der Waals surface area contributed by atoms with E-state index in [0.717, 1.165) is 0 Å². The van der Waals surface area contributed by atoms with Gasteiger partial charge in [-0.3, -0.25) is 4.79 Å². The molecule has 1 rings (SSSR count). The summed E-state index contributed by atoms with van der Waals surface area (Å²) in [6.07, 6.45) is 0.473. The third-order valence-electron chi connectivity index (χ3n) is 1.65. The Bertz CT molecular complexity index is 455. The number of carbonyl (C=O) groups is 2. The van der Waals surface area contributed by atoms with Gasteiger partial charge in [0.15, 0.2) is 6.29 Å². The number of nitrogens with two attached hydrogens (primary N) is 1. The molecular weight excluding hydrogens is 194 g/mol. The molecule has 0 heterocycles. The monoisotopic (exact) mass is 203 g/mol. The van der Waals surface area contributed by atoms with Gasteiger partial charge < -0.3 is 10.5 Å². The molecule has 0 aliphatic heterocycles. The zero-order valence-corrected chi connectivity index (χ0v) is 8.11. The van der Waals surface area contributed by atoms with Gasteiger partial charge in [0.05, 0.1) is 12.7 Å². The van der Waals surface area contributed by atoms with Crippen LogP contribution >= 0.6 is 0 Å². The summed E-state index contributed by atoms with van der Waals surface area (Å²) in [4.78, 5) is 21.2. The van der Waals surface area contributed by atoms with Crippen LogP contribution in [0.15, 0.2) is 18.2 Å². The van der Waals surface area contributed by atoms with Gasteiger partial charge in [0.2, 0.25) is 0 Å². The fourth-order valence-electron chi connectivity index (χ4n) is 1.07. The number of aldehydes is 1. The highest BCUT2D eigenvalue weighted by molar-refractivity contribution is 5.91. The quantitative estimate of drug-likeness (QED) is 0.314. The van der Waals surface area contributed by atoms with Gasteiger partial charge in [0, 0.05) is 11.3 Å². The smallest absolute Gasteiger partial charge is 0.337 e. The lowest BCUT2D eigenvalue weighted by Gasteiger charge is -2.01. The Labute approximate surface area is 87.0 Å². The molecule has 0 amide bonds. The number of carbonyl (C=O) groups excluding carboxylic acids is 2. The molecule has 2 N–H and O–H groups in total. The third-order valence-corrected chi connectivity index (χ3v) is 1.65. The molecule has 4 heteroatoms. The molecule has 0 bridgehead atoms. The Morgan fingerprint density at radius 2 is 2.20 bits per heavy atom. The number of nitrogen functional groups attached to an aromatic ring is 1. The topological polar surface area (TPSA) is 69.4 Å². The van der Waals surface area contributed by atoms with E-state index in [1.54, 1.807) is 6.07 Å². The molecule has 1 aromatic carbocycles. The summed E-state index contributed by atoms with van der Waals surface area (Å²) in [6.45, 7) is 0. The Hall–Kier alpha value is -2.28. The van der Waals surface area contributed by atoms with Gasteiger partial charge in [0.25, 0.3) is 0 Å². The highest BCUT2D eigenvalue weighted by Crippen LogP contribution is 2.12. The Morgan fingerprint density at radius 1 is 1.47 bits per heavy atom. The average molecular weight is 203 g/mol. The zero-order valence-electron chi connectivity index (χ0n) is 8.11. The molecule has 0 aromatic heterocycles. The summed E-state index contributed by atoms with van der Waals surface area (Å²) in [5.41, 5.74) is 6.77. The Kier molecular flexibility index (Phi) is 3.47. The number of esters is 1. The summed E-state index contributed by atoms with van der Waals surface area (Å²) < 4.78 is 4.54. The molecule has 0 spiro atoms. The van der Waals surface area contributed by atoms with E-state index < -0.39 is 5.97 Å². The normalized spacial score (nSPS) is 8.60. The van der Waals surface area contributed by atoms with E-state index in [1.807, 2.05) is 0 Å². The van der Waals surface area contributed by atoms with Crippen molar-refractivity contribution in [2.24, 2.45) is 0 Å². The maximum atomic E-state index is 11.2. The summed E-state index contributed by atoms with van der Waals surface area (Å²) in [5.74, 6) is 4.30. The maximum absolute atomic E-state index is 11.2. The van der Waals surface area contributed by atoms with E-state index in [1.165, 1.54) is 19.2 Å². The lowest BCUT2D eigenvalue weighted by atomic mass is 10.1. The van der Waals surface area contributed by atoms with Crippen molar-refractivity contribution in [2.75, 3.05) is 12.8 Å². The van der Waals surface area contributed by atoms with Crippen LogP contribution in [-0.4, -0.2) is 19.4 Å². The van der Waals surface area contributed by atoms with Crippen molar-refractivity contribution in [1.82, 2.24) is 0 Å². The molecular formula is C11H9NO3. The van der Waals surface area contributed by atoms with Crippen LogP contribution in [0.25, 0.3) is 0 Å². The average Bonchev–Trinajstić information content (AvgIpc) is 2.24. The van der Waals surface area contributed by atoms with Crippen LogP contribution in [0.2, 0.25) is 0 Å². The zero-order chi connectivity index (χ0) is 11.3. The Morgan fingerprint density at radius 3 is 2.80 bits per heavy atom. The number of hydrogen-bond donors (Lipinski definition) is 1. The highest BCUT2D eigenvalue weighted by atomic mass is 16.5. The van der Waals surface area contributed by atoms with E-state index in [2.05, 4.69) is 16.6 Å². The van der Waals surface area contributed by atoms with Gasteiger partial charge in [-0.05, 0) is 24.1 Å². The fourth-order valence-corrected chi connectivity index (χ4v) is 1.07. The number of hydrogen-bond acceptors (Lipinski definition) is 4. The maximum Gasteiger partial charge on any atom is 0.337 e. The van der Waals surface area contributed by atoms with E-state index in [4.69, 9.17) is 5.73 Å². The van der Waals surface area contributed by atoms with Crippen LogP contribution in [0.4, 0.5) is 5.69 Å². The standard InChI is InChI=1S/C11H9NO3/c1-15-11(14)9-5-8(3-2-4-13)6-10(12)7-9/h4-7H,12H2,1H3. The van der Waals surface area contributed by atoms with E-state index in [0.29, 0.717) is 23.1 Å². The summed E-state index contributed by atoms with van der Waals surface area (Å²) >= 11 is 0. The number of anilines is 1. The minimum absolute atomic E-state index is 0.313. The molecule has 0 saturated heterocycles. The molecule has 0 fully saturated rings. The molecule has 76 valence electrons. The van der Waals surface area contributed by atoms with Gasteiger partial charge in [-0.1, -0.05) is 5.92 Å². The summed E-state index contributed by atoms with van der Waals surface area (Å²) in [7, 11) is 1.28. The molecule has 15 heavy (non-hydrogen) atoms. The van der Waals surface area contributed by atoms with Gasteiger partial charge in [-0.25, -0.2) is 4.79 Å². The molecule has 0 unspecified atom stereocenters. The lowest BCUT2D eigenvalue weighted by molar-refractivity contribution is -0.103. The van der Waals surface area contributed by atoms with Crippen molar-refractivity contribution in [3.63, 3.8) is 0 Å². The molecule has 0 radical (unpaired) electrons. The second-order valence-corrected chi connectivity index (χ2v) is 2.72. The van der Waals surface area contributed by atoms with Crippen molar-refractivity contribution >= 4 is 17.9 Å². The first-order valence-electron chi connectivity index (χ1n) is 4.11. The van der Waals surface area contributed by atoms with Crippen LogP contribution in [0.3, 0.4) is 0 Å². The SMILES string of the molecule is COC(=O)c1cc(N)cc(C#CC=O)c1. The first-order valence-corrected chi connectivity index (χ1v) is 4.11. The van der Waals surface area contributed by atoms with Crippen molar-refractivity contribution in [2.45, 2.75) is 0 Å². The molecule has 0 saturated carbocycles. The van der Waals surface area contributed by atoms with Crippen LogP contribution in [0, 0.1) is 11.8 Å².